The van der Waals surface area contributed by atoms with Gasteiger partial charge < -0.3 is 20.1 Å². The van der Waals surface area contributed by atoms with Crippen molar-refractivity contribution in [3.05, 3.63) is 41.5 Å². The van der Waals surface area contributed by atoms with Crippen molar-refractivity contribution in [2.75, 3.05) is 25.7 Å². The SMILES string of the molecule is COc1nc(C[C@H](C(=O)NCC(=O)N2c3ccccc3C[C@H]2C(=O)NCc2nn[nH]n2)C(C)C)nc(OC)n1. The summed E-state index contributed by atoms with van der Waals surface area (Å²) >= 11 is 0. The lowest BCUT2D eigenvalue weighted by atomic mass is 9.91. The number of rotatable bonds is 11. The predicted octanol–water partition coefficient (Wildman–Crippen LogP) is -0.393. The van der Waals surface area contributed by atoms with Gasteiger partial charge >= 0.3 is 12.0 Å². The van der Waals surface area contributed by atoms with Gasteiger partial charge in [-0.2, -0.15) is 15.2 Å². The highest BCUT2D eigenvalue weighted by Gasteiger charge is 2.38. The third-order valence-corrected chi connectivity index (χ3v) is 6.32. The van der Waals surface area contributed by atoms with Crippen molar-refractivity contribution < 1.29 is 23.9 Å². The van der Waals surface area contributed by atoms with Gasteiger partial charge in [0.2, 0.25) is 17.7 Å². The highest BCUT2D eigenvalue weighted by Crippen LogP contribution is 2.32. The molecule has 2 aromatic heterocycles. The smallest absolute Gasteiger partial charge is 0.322 e. The van der Waals surface area contributed by atoms with E-state index in [4.69, 9.17) is 9.47 Å². The Bertz CT molecular complexity index is 1290. The van der Waals surface area contributed by atoms with Gasteiger partial charge in [-0.15, -0.1) is 15.2 Å². The molecule has 0 radical (unpaired) electrons. The normalized spacial score (nSPS) is 15.0. The summed E-state index contributed by atoms with van der Waals surface area (Å²) in [4.78, 5) is 53.5. The fourth-order valence-electron chi connectivity index (χ4n) is 4.30. The molecule has 0 bridgehead atoms. The van der Waals surface area contributed by atoms with E-state index in [2.05, 4.69) is 46.2 Å². The van der Waals surface area contributed by atoms with Gasteiger partial charge in [0.05, 0.1) is 27.3 Å². The lowest BCUT2D eigenvalue weighted by molar-refractivity contribution is -0.129. The number of carbonyl (C=O) groups is 3. The summed E-state index contributed by atoms with van der Waals surface area (Å²) in [6, 6.07) is 6.65. The van der Waals surface area contributed by atoms with Gasteiger partial charge in [-0.25, -0.2) is 0 Å². The number of tetrazole rings is 1. The molecule has 39 heavy (non-hydrogen) atoms. The largest absolute Gasteiger partial charge is 0.467 e. The van der Waals surface area contributed by atoms with Crippen molar-refractivity contribution in [3.8, 4) is 12.0 Å². The molecule has 1 aliphatic rings. The maximum Gasteiger partial charge on any atom is 0.322 e. The number of anilines is 1. The van der Waals surface area contributed by atoms with E-state index < -0.39 is 17.9 Å². The summed E-state index contributed by atoms with van der Waals surface area (Å²) in [6.07, 6.45) is 0.520. The number of hydrogen-bond donors (Lipinski definition) is 3. The maximum atomic E-state index is 13.4. The van der Waals surface area contributed by atoms with Crippen molar-refractivity contribution in [1.29, 1.82) is 0 Å². The lowest BCUT2D eigenvalue weighted by Crippen LogP contribution is -2.51. The first-order chi connectivity index (χ1) is 18.8. The average Bonchev–Trinajstić information content (AvgIpc) is 3.61. The van der Waals surface area contributed by atoms with Crippen molar-refractivity contribution in [2.45, 2.75) is 39.3 Å². The van der Waals surface area contributed by atoms with Crippen LogP contribution in [0.5, 0.6) is 12.0 Å². The van der Waals surface area contributed by atoms with Crippen LogP contribution >= 0.6 is 0 Å². The number of aromatic nitrogens is 7. The maximum absolute atomic E-state index is 13.4. The minimum atomic E-state index is -0.787. The molecule has 1 aromatic carbocycles. The zero-order valence-corrected chi connectivity index (χ0v) is 22.0. The molecule has 0 saturated heterocycles. The first-order valence-electron chi connectivity index (χ1n) is 12.3. The number of nitrogens with one attached hydrogen (secondary N) is 3. The third-order valence-electron chi connectivity index (χ3n) is 6.32. The van der Waals surface area contributed by atoms with Crippen LogP contribution in [0.1, 0.15) is 31.1 Å². The third kappa shape index (κ3) is 6.42. The Hall–Kier alpha value is -4.69. The van der Waals surface area contributed by atoms with Crippen LogP contribution in [0.15, 0.2) is 24.3 Å². The van der Waals surface area contributed by atoms with E-state index in [0.29, 0.717) is 23.8 Å². The molecule has 0 saturated carbocycles. The Morgan fingerprint density at radius 2 is 1.77 bits per heavy atom. The van der Waals surface area contributed by atoms with E-state index in [0.717, 1.165) is 5.56 Å². The number of hydrogen-bond acceptors (Lipinski definition) is 11. The molecular weight excluding hydrogens is 508 g/mol. The number of ether oxygens (including phenoxy) is 2. The van der Waals surface area contributed by atoms with Crippen LogP contribution in [0.2, 0.25) is 0 Å². The van der Waals surface area contributed by atoms with E-state index >= 15 is 0 Å². The number of carbonyl (C=O) groups excluding carboxylic acids is 3. The lowest BCUT2D eigenvalue weighted by Gasteiger charge is -2.26. The Morgan fingerprint density at radius 3 is 2.41 bits per heavy atom. The van der Waals surface area contributed by atoms with Crippen molar-refractivity contribution in [3.63, 3.8) is 0 Å². The molecule has 0 fully saturated rings. The van der Waals surface area contributed by atoms with Gasteiger partial charge in [0, 0.05) is 24.4 Å². The number of amides is 3. The summed E-state index contributed by atoms with van der Waals surface area (Å²) < 4.78 is 10.2. The molecule has 3 N–H and O–H groups in total. The summed E-state index contributed by atoms with van der Waals surface area (Å²) in [5, 5.41) is 18.9. The van der Waals surface area contributed by atoms with E-state index in [1.807, 2.05) is 26.0 Å². The average molecular weight is 539 g/mol. The fourth-order valence-corrected chi connectivity index (χ4v) is 4.30. The van der Waals surface area contributed by atoms with Gasteiger partial charge in [-0.3, -0.25) is 19.3 Å². The molecule has 3 aromatic rings. The molecule has 0 aliphatic carbocycles. The molecule has 15 heteroatoms. The van der Waals surface area contributed by atoms with Crippen LogP contribution in [0.4, 0.5) is 5.69 Å². The van der Waals surface area contributed by atoms with Crippen LogP contribution in [0, 0.1) is 11.8 Å². The first kappa shape index (κ1) is 27.3. The van der Waals surface area contributed by atoms with Gasteiger partial charge in [0.25, 0.3) is 0 Å². The van der Waals surface area contributed by atoms with E-state index in [-0.39, 0.29) is 49.3 Å². The topological polar surface area (TPSA) is 190 Å². The zero-order valence-electron chi connectivity index (χ0n) is 22.0. The molecule has 15 nitrogen and oxygen atoms in total. The minimum Gasteiger partial charge on any atom is -0.467 e. The van der Waals surface area contributed by atoms with Gasteiger partial charge in [0.15, 0.2) is 5.82 Å². The number of aromatic amines is 1. The molecule has 3 amide bonds. The van der Waals surface area contributed by atoms with Crippen LogP contribution in [0.25, 0.3) is 0 Å². The molecule has 1 aliphatic heterocycles. The van der Waals surface area contributed by atoms with Crippen LogP contribution in [-0.2, 0) is 33.8 Å². The van der Waals surface area contributed by atoms with Crippen molar-refractivity contribution in [2.24, 2.45) is 11.8 Å². The molecule has 0 spiro atoms. The number of para-hydroxylation sites is 1. The second kappa shape index (κ2) is 12.2. The number of nitrogens with zero attached hydrogens (tertiary/aromatic N) is 7. The highest BCUT2D eigenvalue weighted by molar-refractivity contribution is 6.05. The van der Waals surface area contributed by atoms with Crippen LogP contribution < -0.4 is 25.0 Å². The van der Waals surface area contributed by atoms with Crippen LogP contribution in [0.3, 0.4) is 0 Å². The summed E-state index contributed by atoms with van der Waals surface area (Å²) in [5.74, 6) is -1.13. The van der Waals surface area contributed by atoms with Gasteiger partial charge in [-0.1, -0.05) is 37.3 Å². The van der Waals surface area contributed by atoms with E-state index in [1.165, 1.54) is 19.1 Å². The highest BCUT2D eigenvalue weighted by atomic mass is 16.5. The number of fused-ring (bicyclic) bond motifs is 1. The Kier molecular flexibility index (Phi) is 8.58. The second-order valence-electron chi connectivity index (χ2n) is 9.16. The Morgan fingerprint density at radius 1 is 1.05 bits per heavy atom. The molecule has 0 unspecified atom stereocenters. The van der Waals surface area contributed by atoms with Gasteiger partial charge in [0.1, 0.15) is 11.9 Å². The van der Waals surface area contributed by atoms with E-state index in [9.17, 15) is 14.4 Å². The summed E-state index contributed by atoms with van der Waals surface area (Å²) in [5.41, 5.74) is 1.48. The molecule has 206 valence electrons. The minimum absolute atomic E-state index is 0.0592. The standard InChI is InChI=1S/C24H30N10O5/c1-13(2)15(10-18-27-23(38-3)29-24(28-18)39-4)21(36)26-12-20(35)34-16-8-6-5-7-14(16)9-17(34)22(37)25-11-19-30-32-33-31-19/h5-8,13,15,17H,9-12H2,1-4H3,(H,25,37)(H,26,36)(H,30,31,32,33)/t15-,17-/m0/s1. The number of methoxy groups -OCH3 is 2. The predicted molar refractivity (Wildman–Crippen MR) is 135 cm³/mol. The van der Waals surface area contributed by atoms with Crippen LogP contribution in [-0.4, -0.2) is 80.1 Å². The molecule has 4 rings (SSSR count). The van der Waals surface area contributed by atoms with E-state index in [1.54, 1.807) is 12.1 Å². The van der Waals surface area contributed by atoms with Crippen molar-refractivity contribution >= 4 is 23.4 Å². The second-order valence-corrected chi connectivity index (χ2v) is 9.16. The first-order valence-corrected chi connectivity index (χ1v) is 12.3. The quantitative estimate of drug-likeness (QED) is 0.288. The van der Waals surface area contributed by atoms with Crippen molar-refractivity contribution in [1.82, 2.24) is 46.2 Å². The molecular formula is C24H30N10O5. The molecule has 2 atom stereocenters. The Balaban J connectivity index is 1.44. The Labute approximate surface area is 224 Å². The summed E-state index contributed by atoms with van der Waals surface area (Å²) in [7, 11) is 2.85. The number of benzene rings is 1. The number of H-pyrrole nitrogens is 1. The fraction of sp³-hybridized carbons (Fsp3) is 0.458. The summed E-state index contributed by atoms with van der Waals surface area (Å²) in [6.45, 7) is 3.55. The monoisotopic (exact) mass is 538 g/mol. The van der Waals surface area contributed by atoms with Gasteiger partial charge in [-0.05, 0) is 17.5 Å². The molecule has 3 heterocycles. The zero-order chi connectivity index (χ0) is 27.9.